The van der Waals surface area contributed by atoms with Crippen molar-refractivity contribution in [1.82, 2.24) is 5.32 Å². The van der Waals surface area contributed by atoms with E-state index >= 15 is 0 Å². The number of carbonyl (C=O) groups is 1. The largest absolute Gasteiger partial charge is 0.393 e. The highest BCUT2D eigenvalue weighted by Gasteiger charge is 2.28. The summed E-state index contributed by atoms with van der Waals surface area (Å²) in [5.74, 6) is 0. The van der Waals surface area contributed by atoms with E-state index in [1.165, 1.54) is 0 Å². The molecular weight excluding hydrogens is 263 g/mol. The smallest absolute Gasteiger partial charge is 0.319 e. The van der Waals surface area contributed by atoms with Gasteiger partial charge in [-0.2, -0.15) is 0 Å². The molecule has 1 aliphatic carbocycles. The number of hydrogen-bond donors (Lipinski definition) is 3. The minimum atomic E-state index is -0.342. The summed E-state index contributed by atoms with van der Waals surface area (Å²) in [6.07, 6.45) is 0.892. The van der Waals surface area contributed by atoms with Crippen molar-refractivity contribution in [1.29, 1.82) is 0 Å². The van der Waals surface area contributed by atoms with Crippen molar-refractivity contribution in [2.75, 3.05) is 5.32 Å². The molecule has 0 heterocycles. The van der Waals surface area contributed by atoms with E-state index in [1.54, 1.807) is 18.2 Å². The van der Waals surface area contributed by atoms with Crippen molar-refractivity contribution >= 4 is 34.9 Å². The molecule has 0 spiro atoms. The number of nitrogens with one attached hydrogen (secondary N) is 2. The van der Waals surface area contributed by atoms with Gasteiger partial charge in [-0.3, -0.25) is 0 Å². The summed E-state index contributed by atoms with van der Waals surface area (Å²) in [7, 11) is 0. The van der Waals surface area contributed by atoms with Crippen LogP contribution in [0.4, 0.5) is 10.5 Å². The second kappa shape index (κ2) is 5.12. The topological polar surface area (TPSA) is 61.4 Å². The Kier molecular flexibility index (Phi) is 3.76. The van der Waals surface area contributed by atoms with Crippen LogP contribution in [0.15, 0.2) is 18.2 Å². The van der Waals surface area contributed by atoms with Crippen LogP contribution >= 0.6 is 23.2 Å². The molecule has 0 radical (unpaired) electrons. The first-order chi connectivity index (χ1) is 8.04. The lowest BCUT2D eigenvalue weighted by molar-refractivity contribution is 0.0671. The van der Waals surface area contributed by atoms with Gasteiger partial charge in [0.1, 0.15) is 0 Å². The molecule has 17 heavy (non-hydrogen) atoms. The van der Waals surface area contributed by atoms with Gasteiger partial charge in [-0.25, -0.2) is 4.79 Å². The number of urea groups is 1. The van der Waals surface area contributed by atoms with Gasteiger partial charge in [0.05, 0.1) is 16.8 Å². The first-order valence-corrected chi connectivity index (χ1v) is 6.01. The molecule has 1 aromatic rings. The summed E-state index contributed by atoms with van der Waals surface area (Å²) in [5.41, 5.74) is 0.469. The lowest BCUT2D eigenvalue weighted by Gasteiger charge is -2.31. The van der Waals surface area contributed by atoms with Crippen LogP contribution in [0.2, 0.25) is 10.0 Å². The third kappa shape index (κ3) is 3.25. The Morgan fingerprint density at radius 1 is 1.35 bits per heavy atom. The Morgan fingerprint density at radius 2 is 2.06 bits per heavy atom. The molecule has 4 nitrogen and oxygen atoms in total. The monoisotopic (exact) mass is 274 g/mol. The average Bonchev–Trinajstić information content (AvgIpc) is 2.21. The number of anilines is 1. The van der Waals surface area contributed by atoms with Gasteiger partial charge in [0.25, 0.3) is 0 Å². The zero-order valence-electron chi connectivity index (χ0n) is 8.91. The molecule has 0 saturated heterocycles. The Labute approximate surface area is 109 Å². The van der Waals surface area contributed by atoms with Gasteiger partial charge in [0.2, 0.25) is 0 Å². The van der Waals surface area contributed by atoms with E-state index in [0.29, 0.717) is 28.6 Å². The van der Waals surface area contributed by atoms with Crippen LogP contribution in [-0.2, 0) is 0 Å². The highest BCUT2D eigenvalue weighted by atomic mass is 35.5. The lowest BCUT2D eigenvalue weighted by Crippen LogP contribution is -2.48. The number of rotatable bonds is 2. The minimum absolute atomic E-state index is 0.0305. The van der Waals surface area contributed by atoms with E-state index < -0.39 is 0 Å². The molecule has 0 unspecified atom stereocenters. The molecule has 1 saturated carbocycles. The van der Waals surface area contributed by atoms with Crippen molar-refractivity contribution < 1.29 is 9.90 Å². The maximum Gasteiger partial charge on any atom is 0.319 e. The maximum absolute atomic E-state index is 11.6. The molecule has 3 N–H and O–H groups in total. The third-order valence-corrected chi connectivity index (χ3v) is 3.19. The Bertz CT molecular complexity index is 433. The van der Waals surface area contributed by atoms with Gasteiger partial charge in [0, 0.05) is 11.1 Å². The molecule has 1 fully saturated rings. The summed E-state index contributed by atoms with van der Waals surface area (Å²) < 4.78 is 0. The van der Waals surface area contributed by atoms with Crippen molar-refractivity contribution in [3.63, 3.8) is 0 Å². The zero-order chi connectivity index (χ0) is 12.4. The number of hydrogen-bond acceptors (Lipinski definition) is 2. The van der Waals surface area contributed by atoms with Crippen molar-refractivity contribution in [2.24, 2.45) is 0 Å². The first-order valence-electron chi connectivity index (χ1n) is 5.25. The van der Waals surface area contributed by atoms with Crippen LogP contribution in [0.25, 0.3) is 0 Å². The van der Waals surface area contributed by atoms with Crippen LogP contribution in [0.5, 0.6) is 0 Å². The average molecular weight is 275 g/mol. The number of benzene rings is 1. The summed E-state index contributed by atoms with van der Waals surface area (Å²) in [6, 6.07) is 4.54. The Hall–Kier alpha value is -0.970. The fourth-order valence-electron chi connectivity index (χ4n) is 1.64. The minimum Gasteiger partial charge on any atom is -0.393 e. The van der Waals surface area contributed by atoms with Gasteiger partial charge in [0.15, 0.2) is 0 Å². The second-order valence-corrected chi connectivity index (χ2v) is 4.89. The number of halogens is 2. The Morgan fingerprint density at radius 3 is 2.71 bits per heavy atom. The number of amides is 2. The second-order valence-electron chi connectivity index (χ2n) is 4.04. The molecule has 6 heteroatoms. The standard InChI is InChI=1S/C11H12Cl2N2O2/c12-6-1-2-9(13)10(3-6)15-11(17)14-7-4-8(16)5-7/h1-3,7-8,16H,4-5H2,(H2,14,15,17). The van der Waals surface area contributed by atoms with Gasteiger partial charge in [-0.15, -0.1) is 0 Å². The van der Waals surface area contributed by atoms with Crippen LogP contribution < -0.4 is 10.6 Å². The fourth-order valence-corrected chi connectivity index (χ4v) is 1.98. The Balaban J connectivity index is 1.91. The molecule has 2 rings (SSSR count). The van der Waals surface area contributed by atoms with Gasteiger partial charge >= 0.3 is 6.03 Å². The van der Waals surface area contributed by atoms with Crippen molar-refractivity contribution in [3.8, 4) is 0 Å². The number of aliphatic hydroxyl groups is 1. The van der Waals surface area contributed by atoms with Crippen LogP contribution in [0.1, 0.15) is 12.8 Å². The normalized spacial score (nSPS) is 22.8. The van der Waals surface area contributed by atoms with Crippen molar-refractivity contribution in [3.05, 3.63) is 28.2 Å². The molecule has 2 amide bonds. The van der Waals surface area contributed by atoms with Crippen LogP contribution in [0, 0.1) is 0 Å². The van der Waals surface area contributed by atoms with E-state index in [1.807, 2.05) is 0 Å². The number of carbonyl (C=O) groups excluding carboxylic acids is 1. The third-order valence-electron chi connectivity index (χ3n) is 2.63. The zero-order valence-corrected chi connectivity index (χ0v) is 10.4. The van der Waals surface area contributed by atoms with Crippen LogP contribution in [-0.4, -0.2) is 23.3 Å². The summed E-state index contributed by atoms with van der Waals surface area (Å²) >= 11 is 11.7. The summed E-state index contributed by atoms with van der Waals surface area (Å²) in [4.78, 5) is 11.6. The van der Waals surface area contributed by atoms with E-state index in [9.17, 15) is 4.79 Å². The molecule has 0 bridgehead atoms. The fraction of sp³-hybridized carbons (Fsp3) is 0.364. The molecular formula is C11H12Cl2N2O2. The summed E-state index contributed by atoms with van der Waals surface area (Å²) in [6.45, 7) is 0. The quantitative estimate of drug-likeness (QED) is 0.777. The van der Waals surface area contributed by atoms with Crippen LogP contribution in [0.3, 0.4) is 0 Å². The van der Waals surface area contributed by atoms with E-state index in [0.717, 1.165) is 0 Å². The molecule has 0 atom stereocenters. The highest BCUT2D eigenvalue weighted by molar-refractivity contribution is 6.35. The molecule has 92 valence electrons. The summed E-state index contributed by atoms with van der Waals surface area (Å²) in [5, 5.41) is 15.4. The van der Waals surface area contributed by atoms with Crippen molar-refractivity contribution in [2.45, 2.75) is 25.0 Å². The lowest BCUT2D eigenvalue weighted by atomic mass is 9.90. The SMILES string of the molecule is O=C(Nc1cc(Cl)ccc1Cl)NC1CC(O)C1. The van der Waals surface area contributed by atoms with Gasteiger partial charge in [-0.1, -0.05) is 23.2 Å². The van der Waals surface area contributed by atoms with E-state index in [-0.39, 0.29) is 18.2 Å². The van der Waals surface area contributed by atoms with E-state index in [4.69, 9.17) is 28.3 Å². The van der Waals surface area contributed by atoms with Gasteiger partial charge < -0.3 is 15.7 Å². The molecule has 1 aromatic carbocycles. The van der Waals surface area contributed by atoms with Gasteiger partial charge in [-0.05, 0) is 31.0 Å². The number of aliphatic hydroxyl groups excluding tert-OH is 1. The molecule has 0 aromatic heterocycles. The molecule has 1 aliphatic rings. The predicted molar refractivity (Wildman–Crippen MR) is 67.6 cm³/mol. The first kappa shape index (κ1) is 12.5. The predicted octanol–water partition coefficient (Wildman–Crippen LogP) is 2.64. The maximum atomic E-state index is 11.6. The van der Waals surface area contributed by atoms with E-state index in [2.05, 4.69) is 10.6 Å². The molecule has 0 aliphatic heterocycles. The highest BCUT2D eigenvalue weighted by Crippen LogP contribution is 2.25.